The first-order chi connectivity index (χ1) is 13.6. The van der Waals surface area contributed by atoms with Crippen LogP contribution in [0, 0.1) is 11.8 Å². The topological polar surface area (TPSA) is 60.7 Å². The zero-order valence-electron chi connectivity index (χ0n) is 17.8. The van der Waals surface area contributed by atoms with Crippen LogP contribution in [0.3, 0.4) is 0 Å². The highest BCUT2D eigenvalue weighted by Gasteiger charge is 2.30. The number of hydrogen-bond acceptors (Lipinski definition) is 3. The van der Waals surface area contributed by atoms with E-state index in [2.05, 4.69) is 50.0 Å². The zero-order valence-corrected chi connectivity index (χ0v) is 17.8. The van der Waals surface area contributed by atoms with E-state index in [1.54, 1.807) is 0 Å². The molecule has 1 saturated carbocycles. The van der Waals surface area contributed by atoms with Crippen molar-refractivity contribution >= 4 is 0 Å². The predicted octanol–water partition coefficient (Wildman–Crippen LogP) is 5.48. The summed E-state index contributed by atoms with van der Waals surface area (Å²) in [6.07, 6.45) is 26.1. The second-order valence-corrected chi connectivity index (χ2v) is 8.13. The van der Waals surface area contributed by atoms with E-state index in [4.69, 9.17) is 0 Å². The fourth-order valence-corrected chi connectivity index (χ4v) is 3.83. The Morgan fingerprint density at radius 2 is 1.75 bits per heavy atom. The van der Waals surface area contributed by atoms with Crippen LogP contribution in [0.1, 0.15) is 77.6 Å². The fourth-order valence-electron chi connectivity index (χ4n) is 3.83. The summed E-state index contributed by atoms with van der Waals surface area (Å²) in [7, 11) is 0. The Kier molecular flexibility index (Phi) is 13.1. The lowest BCUT2D eigenvalue weighted by atomic mass is 9.91. The van der Waals surface area contributed by atoms with Crippen LogP contribution in [-0.4, -0.2) is 33.6 Å². The second kappa shape index (κ2) is 14.8. The molecule has 1 rings (SSSR count). The van der Waals surface area contributed by atoms with E-state index in [1.807, 2.05) is 0 Å². The van der Waals surface area contributed by atoms with Gasteiger partial charge in [0.15, 0.2) is 0 Å². The van der Waals surface area contributed by atoms with E-state index in [-0.39, 0.29) is 0 Å². The molecule has 3 heteroatoms. The maximum absolute atomic E-state index is 9.99. The highest BCUT2D eigenvalue weighted by atomic mass is 16.4. The van der Waals surface area contributed by atoms with Crippen molar-refractivity contribution in [1.29, 1.82) is 0 Å². The van der Waals surface area contributed by atoms with Crippen LogP contribution in [0.25, 0.3) is 0 Å². The Morgan fingerprint density at radius 3 is 2.46 bits per heavy atom. The van der Waals surface area contributed by atoms with Crippen molar-refractivity contribution in [2.45, 2.75) is 89.3 Å². The molecule has 0 saturated heterocycles. The minimum atomic E-state index is -1.60. The smallest absolute Gasteiger partial charge is 0.131 e. The summed E-state index contributed by atoms with van der Waals surface area (Å²) in [5.74, 6) is 1.42. The average Bonchev–Trinajstić information content (AvgIpc) is 3.16. The quantitative estimate of drug-likeness (QED) is 0.256. The lowest BCUT2D eigenvalue weighted by molar-refractivity contribution is -0.0731. The monoisotopic (exact) mass is 390 g/mol. The number of allylic oxidation sites excluding steroid dienone is 6. The SMILES string of the molecule is C=CC(O)(CO)C(O)CC/C=C\C[C@H]1CCC[C@@H]1/C=C/CC/C=C/CCCC. The molecule has 28 heavy (non-hydrogen) atoms. The molecule has 0 aromatic carbocycles. The normalized spacial score (nSPS) is 23.7. The van der Waals surface area contributed by atoms with Gasteiger partial charge in [0, 0.05) is 0 Å². The fraction of sp³-hybridized carbons (Fsp3) is 0.680. The molecule has 1 fully saturated rings. The van der Waals surface area contributed by atoms with Crippen LogP contribution >= 0.6 is 0 Å². The van der Waals surface area contributed by atoms with Crippen LogP contribution in [-0.2, 0) is 0 Å². The van der Waals surface area contributed by atoms with Gasteiger partial charge in [-0.3, -0.25) is 0 Å². The third kappa shape index (κ3) is 9.36. The van der Waals surface area contributed by atoms with Gasteiger partial charge in [0.1, 0.15) is 5.60 Å². The van der Waals surface area contributed by atoms with Crippen LogP contribution in [0.2, 0.25) is 0 Å². The molecule has 160 valence electrons. The van der Waals surface area contributed by atoms with Crippen molar-refractivity contribution in [2.75, 3.05) is 6.61 Å². The van der Waals surface area contributed by atoms with Crippen molar-refractivity contribution in [2.24, 2.45) is 11.8 Å². The maximum Gasteiger partial charge on any atom is 0.131 e. The van der Waals surface area contributed by atoms with E-state index < -0.39 is 18.3 Å². The van der Waals surface area contributed by atoms with Crippen LogP contribution < -0.4 is 0 Å². The van der Waals surface area contributed by atoms with Crippen molar-refractivity contribution in [3.63, 3.8) is 0 Å². The number of aliphatic hydroxyl groups is 3. The summed E-state index contributed by atoms with van der Waals surface area (Å²) in [5.41, 5.74) is -1.60. The van der Waals surface area contributed by atoms with Gasteiger partial charge in [-0.1, -0.05) is 68.7 Å². The average molecular weight is 391 g/mol. The standard InChI is InChI=1S/C25H42O3/c1-3-5-6-7-8-9-10-12-16-22-18-15-19-23(22)17-13-11-14-20-24(27)25(28,4-2)21-26/h4,7-8,11-13,16,22-24,26-28H,2-3,5-6,9-10,14-15,17-21H2,1H3/b8-7+,13-11-,16-12+/t22-,23-,24?,25?/m0/s1. The van der Waals surface area contributed by atoms with Gasteiger partial charge < -0.3 is 15.3 Å². The van der Waals surface area contributed by atoms with Gasteiger partial charge in [-0.05, 0) is 63.2 Å². The Morgan fingerprint density at radius 1 is 1.04 bits per heavy atom. The minimum absolute atomic E-state index is 0.416. The summed E-state index contributed by atoms with van der Waals surface area (Å²) >= 11 is 0. The third-order valence-corrected chi connectivity index (χ3v) is 5.89. The highest BCUT2D eigenvalue weighted by molar-refractivity contribution is 5.02. The molecule has 0 heterocycles. The van der Waals surface area contributed by atoms with E-state index in [0.29, 0.717) is 18.8 Å². The largest absolute Gasteiger partial charge is 0.393 e. The van der Waals surface area contributed by atoms with Gasteiger partial charge in [0.25, 0.3) is 0 Å². The van der Waals surface area contributed by atoms with Gasteiger partial charge >= 0.3 is 0 Å². The molecule has 0 aliphatic heterocycles. The molecule has 3 N–H and O–H groups in total. The highest BCUT2D eigenvalue weighted by Crippen LogP contribution is 2.35. The van der Waals surface area contributed by atoms with Gasteiger partial charge in [-0.15, -0.1) is 6.58 Å². The summed E-state index contributed by atoms with van der Waals surface area (Å²) < 4.78 is 0. The Labute approximate surface area is 172 Å². The number of aliphatic hydroxyl groups excluding tert-OH is 2. The first kappa shape index (κ1) is 24.9. The van der Waals surface area contributed by atoms with Gasteiger partial charge in [0.05, 0.1) is 12.7 Å². The summed E-state index contributed by atoms with van der Waals surface area (Å²) in [4.78, 5) is 0. The van der Waals surface area contributed by atoms with Crippen LogP contribution in [0.5, 0.6) is 0 Å². The molecule has 0 aromatic heterocycles. The van der Waals surface area contributed by atoms with E-state index in [1.165, 1.54) is 44.6 Å². The van der Waals surface area contributed by atoms with E-state index >= 15 is 0 Å². The molecular weight excluding hydrogens is 348 g/mol. The zero-order chi connectivity index (χ0) is 20.7. The number of unbranched alkanes of at least 4 members (excludes halogenated alkanes) is 3. The first-order valence-corrected chi connectivity index (χ1v) is 11.2. The Bertz CT molecular complexity index is 494. The molecule has 0 radical (unpaired) electrons. The third-order valence-electron chi connectivity index (χ3n) is 5.89. The Hall–Kier alpha value is -1.16. The molecule has 2 unspecified atom stereocenters. The van der Waals surface area contributed by atoms with Gasteiger partial charge in [-0.25, -0.2) is 0 Å². The molecular formula is C25H42O3. The van der Waals surface area contributed by atoms with Crippen molar-refractivity contribution in [3.8, 4) is 0 Å². The molecule has 1 aliphatic rings. The maximum atomic E-state index is 9.99. The lowest BCUT2D eigenvalue weighted by Crippen LogP contribution is -2.43. The van der Waals surface area contributed by atoms with Crippen LogP contribution in [0.4, 0.5) is 0 Å². The number of rotatable bonds is 15. The van der Waals surface area contributed by atoms with E-state index in [9.17, 15) is 15.3 Å². The minimum Gasteiger partial charge on any atom is -0.393 e. The second-order valence-electron chi connectivity index (χ2n) is 8.13. The molecule has 3 nitrogen and oxygen atoms in total. The van der Waals surface area contributed by atoms with E-state index in [0.717, 1.165) is 25.2 Å². The predicted molar refractivity (Wildman–Crippen MR) is 119 cm³/mol. The molecule has 0 amide bonds. The Balaban J connectivity index is 2.26. The molecule has 0 aromatic rings. The summed E-state index contributed by atoms with van der Waals surface area (Å²) in [6, 6.07) is 0. The lowest BCUT2D eigenvalue weighted by Gasteiger charge is -2.27. The number of hydrogen-bond donors (Lipinski definition) is 3. The molecule has 0 bridgehead atoms. The van der Waals surface area contributed by atoms with Crippen molar-refractivity contribution in [1.82, 2.24) is 0 Å². The first-order valence-electron chi connectivity index (χ1n) is 11.2. The van der Waals surface area contributed by atoms with Crippen molar-refractivity contribution < 1.29 is 15.3 Å². The van der Waals surface area contributed by atoms with Crippen LogP contribution in [0.15, 0.2) is 49.1 Å². The van der Waals surface area contributed by atoms with Crippen molar-refractivity contribution in [3.05, 3.63) is 49.1 Å². The molecule has 4 atom stereocenters. The molecule has 1 aliphatic carbocycles. The van der Waals surface area contributed by atoms with Gasteiger partial charge in [-0.2, -0.15) is 0 Å². The molecule has 0 spiro atoms. The summed E-state index contributed by atoms with van der Waals surface area (Å²) in [5, 5.41) is 29.1. The summed E-state index contributed by atoms with van der Waals surface area (Å²) in [6.45, 7) is 5.21. The van der Waals surface area contributed by atoms with Gasteiger partial charge in [0.2, 0.25) is 0 Å².